The van der Waals surface area contributed by atoms with Crippen LogP contribution in [0.1, 0.15) is 65.2 Å². The van der Waals surface area contributed by atoms with Crippen LogP contribution in [0.5, 0.6) is 0 Å². The van der Waals surface area contributed by atoms with E-state index in [1.807, 2.05) is 6.08 Å². The summed E-state index contributed by atoms with van der Waals surface area (Å²) >= 11 is 0. The molecule has 4 rings (SSSR count). The zero-order chi connectivity index (χ0) is 18.0. The van der Waals surface area contributed by atoms with Gasteiger partial charge in [0, 0.05) is 11.8 Å². The Morgan fingerprint density at radius 1 is 1.12 bits per heavy atom. The van der Waals surface area contributed by atoms with Crippen LogP contribution < -0.4 is 0 Å². The minimum atomic E-state index is -1.17. The van der Waals surface area contributed by atoms with Crippen molar-refractivity contribution in [2.45, 2.75) is 76.9 Å². The lowest BCUT2D eigenvalue weighted by atomic mass is 9.46. The Balaban J connectivity index is 1.67. The number of carbonyl (C=O) groups excluding carboxylic acids is 1. The molecule has 3 N–H and O–H groups in total. The summed E-state index contributed by atoms with van der Waals surface area (Å²) in [6, 6.07) is 0. The molecular weight excluding hydrogens is 316 g/mol. The van der Waals surface area contributed by atoms with Crippen molar-refractivity contribution in [1.29, 1.82) is 0 Å². The van der Waals surface area contributed by atoms with Crippen LogP contribution in [0.25, 0.3) is 0 Å². The van der Waals surface area contributed by atoms with Gasteiger partial charge in [-0.25, -0.2) is 0 Å². The van der Waals surface area contributed by atoms with Crippen molar-refractivity contribution in [2.24, 2.45) is 28.6 Å². The summed E-state index contributed by atoms with van der Waals surface area (Å²) in [6.45, 7) is 4.12. The number of allylic oxidation sites excluding steroid dienone is 1. The van der Waals surface area contributed by atoms with E-state index in [2.05, 4.69) is 13.8 Å². The van der Waals surface area contributed by atoms with E-state index >= 15 is 0 Å². The van der Waals surface area contributed by atoms with Crippen molar-refractivity contribution in [1.82, 2.24) is 0 Å². The number of aliphatic hydroxyl groups is 3. The van der Waals surface area contributed by atoms with Gasteiger partial charge in [-0.15, -0.1) is 0 Å². The van der Waals surface area contributed by atoms with Crippen LogP contribution in [0.3, 0.4) is 0 Å². The Morgan fingerprint density at radius 2 is 1.84 bits per heavy atom. The topological polar surface area (TPSA) is 77.8 Å². The zero-order valence-electron chi connectivity index (χ0n) is 15.5. The van der Waals surface area contributed by atoms with Gasteiger partial charge in [-0.1, -0.05) is 19.4 Å². The summed E-state index contributed by atoms with van der Waals surface area (Å²) in [7, 11) is 0. The molecule has 0 unspecified atom stereocenters. The minimum Gasteiger partial charge on any atom is -0.394 e. The first-order valence-electron chi connectivity index (χ1n) is 10.0. The van der Waals surface area contributed by atoms with Gasteiger partial charge >= 0.3 is 0 Å². The van der Waals surface area contributed by atoms with Gasteiger partial charge in [0.25, 0.3) is 0 Å². The van der Waals surface area contributed by atoms with E-state index in [4.69, 9.17) is 0 Å². The first-order valence-corrected chi connectivity index (χ1v) is 10.0. The van der Waals surface area contributed by atoms with Crippen LogP contribution in [0.4, 0.5) is 0 Å². The molecule has 0 spiro atoms. The minimum absolute atomic E-state index is 0.133. The van der Waals surface area contributed by atoms with Gasteiger partial charge in [-0.2, -0.15) is 0 Å². The summed E-state index contributed by atoms with van der Waals surface area (Å²) in [5.41, 5.74) is 0.00120. The normalized spacial score (nSPS) is 50.5. The third-order valence-electron chi connectivity index (χ3n) is 8.90. The number of hydrogen-bond acceptors (Lipinski definition) is 4. The third-order valence-corrected chi connectivity index (χ3v) is 8.90. The SMILES string of the molecule is C[C@]12CCC(=O)C=C1CC[C@@H]1[C@H]2CC[C@@]2(C)[C@@H]1CC[C@@]2(O)[C@@H](O)CO. The van der Waals surface area contributed by atoms with Crippen LogP contribution >= 0.6 is 0 Å². The standard InChI is InChI=1S/C21H32O4/c1-19-8-5-14(23)11-13(19)3-4-15-16(19)6-9-20(2)17(15)7-10-21(20,25)18(24)12-22/h11,15-18,22,24-25H,3-10,12H2,1-2H3/t15-,16-,17-,18+,19+,20+,21-/m1/s1. The number of hydrogen-bond donors (Lipinski definition) is 3. The molecule has 0 aromatic carbocycles. The summed E-state index contributed by atoms with van der Waals surface area (Å²) in [5, 5.41) is 31.1. The van der Waals surface area contributed by atoms with E-state index in [1.165, 1.54) is 5.57 Å². The van der Waals surface area contributed by atoms with E-state index in [9.17, 15) is 20.1 Å². The lowest BCUT2D eigenvalue weighted by Gasteiger charge is -2.59. The molecule has 0 aromatic rings. The molecule has 0 aliphatic heterocycles. The second-order valence-electron chi connectivity index (χ2n) is 9.59. The maximum Gasteiger partial charge on any atom is 0.155 e. The van der Waals surface area contributed by atoms with Crippen molar-refractivity contribution in [3.63, 3.8) is 0 Å². The number of fused-ring (bicyclic) bond motifs is 5. The molecule has 0 heterocycles. The molecule has 4 nitrogen and oxygen atoms in total. The van der Waals surface area contributed by atoms with Gasteiger partial charge in [0.05, 0.1) is 12.2 Å². The smallest absolute Gasteiger partial charge is 0.155 e. The highest BCUT2D eigenvalue weighted by Crippen LogP contribution is 2.67. The molecule has 4 aliphatic rings. The highest BCUT2D eigenvalue weighted by atomic mass is 16.4. The van der Waals surface area contributed by atoms with Crippen molar-refractivity contribution in [3.8, 4) is 0 Å². The van der Waals surface area contributed by atoms with Crippen LogP contribution in [0, 0.1) is 28.6 Å². The highest BCUT2D eigenvalue weighted by molar-refractivity contribution is 5.91. The molecule has 7 atom stereocenters. The second-order valence-corrected chi connectivity index (χ2v) is 9.59. The number of rotatable bonds is 2. The Labute approximate surface area is 150 Å². The average Bonchev–Trinajstić information content (AvgIpc) is 2.87. The number of ketones is 1. The molecule has 0 aromatic heterocycles. The van der Waals surface area contributed by atoms with Crippen LogP contribution in [0.2, 0.25) is 0 Å². The molecule has 25 heavy (non-hydrogen) atoms. The zero-order valence-corrected chi connectivity index (χ0v) is 15.5. The first kappa shape index (κ1) is 17.7. The number of aliphatic hydroxyl groups excluding tert-OH is 2. The fourth-order valence-electron chi connectivity index (χ4n) is 7.31. The van der Waals surface area contributed by atoms with Crippen molar-refractivity contribution < 1.29 is 20.1 Å². The van der Waals surface area contributed by atoms with Crippen LogP contribution in [0.15, 0.2) is 11.6 Å². The lowest BCUT2D eigenvalue weighted by molar-refractivity contribution is -0.184. The molecule has 3 fully saturated rings. The molecule has 0 saturated heterocycles. The van der Waals surface area contributed by atoms with Gasteiger partial charge in [-0.05, 0) is 74.2 Å². The summed E-state index contributed by atoms with van der Waals surface area (Å²) < 4.78 is 0. The van der Waals surface area contributed by atoms with Crippen LogP contribution in [-0.4, -0.2) is 39.4 Å². The van der Waals surface area contributed by atoms with Crippen molar-refractivity contribution in [2.75, 3.05) is 6.61 Å². The molecule has 3 saturated carbocycles. The van der Waals surface area contributed by atoms with E-state index in [1.54, 1.807) is 0 Å². The molecule has 0 amide bonds. The maximum absolute atomic E-state index is 11.9. The monoisotopic (exact) mass is 348 g/mol. The van der Waals surface area contributed by atoms with E-state index in [0.717, 1.165) is 38.5 Å². The molecule has 140 valence electrons. The average molecular weight is 348 g/mol. The summed E-state index contributed by atoms with van der Waals surface area (Å²) in [5.74, 6) is 1.81. The van der Waals surface area contributed by atoms with Gasteiger partial charge in [0.1, 0.15) is 6.10 Å². The summed E-state index contributed by atoms with van der Waals surface area (Å²) in [4.78, 5) is 11.9. The third kappa shape index (κ3) is 2.20. The van der Waals surface area contributed by atoms with E-state index in [-0.39, 0.29) is 23.2 Å². The van der Waals surface area contributed by atoms with E-state index < -0.39 is 11.7 Å². The Kier molecular flexibility index (Phi) is 3.99. The van der Waals surface area contributed by atoms with E-state index in [0.29, 0.717) is 30.6 Å². The van der Waals surface area contributed by atoms with Gasteiger partial charge in [0.2, 0.25) is 0 Å². The Morgan fingerprint density at radius 3 is 2.56 bits per heavy atom. The van der Waals surface area contributed by atoms with Gasteiger partial charge < -0.3 is 15.3 Å². The largest absolute Gasteiger partial charge is 0.394 e. The highest BCUT2D eigenvalue weighted by Gasteiger charge is 2.65. The molecule has 0 radical (unpaired) electrons. The fourth-order valence-corrected chi connectivity index (χ4v) is 7.31. The molecule has 0 bridgehead atoms. The Bertz CT molecular complexity index is 613. The number of carbonyl (C=O) groups is 1. The fraction of sp³-hybridized carbons (Fsp3) is 0.857. The molecule has 4 aliphatic carbocycles. The predicted molar refractivity (Wildman–Crippen MR) is 94.8 cm³/mol. The van der Waals surface area contributed by atoms with Gasteiger partial charge in [-0.3, -0.25) is 4.79 Å². The predicted octanol–water partition coefficient (Wildman–Crippen LogP) is 2.60. The van der Waals surface area contributed by atoms with Crippen molar-refractivity contribution >= 4 is 5.78 Å². The first-order chi connectivity index (χ1) is 11.8. The summed E-state index contributed by atoms with van der Waals surface area (Å²) in [6.07, 6.45) is 8.03. The lowest BCUT2D eigenvalue weighted by Crippen LogP contribution is -2.59. The van der Waals surface area contributed by atoms with Crippen molar-refractivity contribution in [3.05, 3.63) is 11.6 Å². The van der Waals surface area contributed by atoms with Crippen LogP contribution in [-0.2, 0) is 4.79 Å². The molecular formula is C21H32O4. The molecule has 4 heteroatoms. The Hall–Kier alpha value is -0.710. The second kappa shape index (κ2) is 5.64. The maximum atomic E-state index is 11.9. The quantitative estimate of drug-likeness (QED) is 0.717. The van der Waals surface area contributed by atoms with Gasteiger partial charge in [0.15, 0.2) is 5.78 Å².